The van der Waals surface area contributed by atoms with E-state index < -0.39 is 10.0 Å². The van der Waals surface area contributed by atoms with E-state index in [0.29, 0.717) is 6.54 Å². The molecular weight excluding hydrogens is 188 g/mol. The molecule has 74 valence electrons. The molecule has 0 atom stereocenters. The van der Waals surface area contributed by atoms with E-state index in [1.807, 2.05) is 30.1 Å². The first kappa shape index (κ1) is 10.3. The van der Waals surface area contributed by atoms with Crippen LogP contribution in [-0.4, -0.2) is 18.7 Å². The van der Waals surface area contributed by atoms with Crippen molar-refractivity contribution in [2.24, 2.45) is 7.05 Å². The molecule has 0 aliphatic rings. The van der Waals surface area contributed by atoms with Crippen LogP contribution in [0.1, 0.15) is 12.5 Å². The van der Waals surface area contributed by atoms with Crippen LogP contribution in [0.15, 0.2) is 18.5 Å². The largest absolute Gasteiger partial charge is 0.357 e. The minimum atomic E-state index is -3.07. The van der Waals surface area contributed by atoms with Gasteiger partial charge in [0, 0.05) is 26.0 Å². The van der Waals surface area contributed by atoms with Crippen LogP contribution in [0.3, 0.4) is 0 Å². The summed E-state index contributed by atoms with van der Waals surface area (Å²) in [5.41, 5.74) is 0.972. The van der Waals surface area contributed by atoms with Gasteiger partial charge in [-0.15, -0.1) is 0 Å². The molecule has 5 heteroatoms. The van der Waals surface area contributed by atoms with E-state index in [4.69, 9.17) is 0 Å². The maximum absolute atomic E-state index is 11.1. The summed E-state index contributed by atoms with van der Waals surface area (Å²) in [5.74, 6) is 0.125. The molecule has 0 unspecified atom stereocenters. The van der Waals surface area contributed by atoms with Gasteiger partial charge in [-0.2, -0.15) is 0 Å². The first-order chi connectivity index (χ1) is 6.03. The van der Waals surface area contributed by atoms with E-state index >= 15 is 0 Å². The molecule has 1 aromatic rings. The summed E-state index contributed by atoms with van der Waals surface area (Å²) in [6.45, 7) is 1.99. The van der Waals surface area contributed by atoms with Crippen LogP contribution in [0.5, 0.6) is 0 Å². The summed E-state index contributed by atoms with van der Waals surface area (Å²) in [5, 5.41) is 0. The Labute approximate surface area is 78.6 Å². The second kappa shape index (κ2) is 3.93. The van der Waals surface area contributed by atoms with Gasteiger partial charge in [0.2, 0.25) is 10.0 Å². The van der Waals surface area contributed by atoms with Crippen LogP contribution in [0.25, 0.3) is 0 Å². The maximum Gasteiger partial charge on any atom is 0.211 e. The van der Waals surface area contributed by atoms with Crippen molar-refractivity contribution in [1.82, 2.24) is 9.29 Å². The highest BCUT2D eigenvalue weighted by atomic mass is 32.2. The minimum Gasteiger partial charge on any atom is -0.357 e. The molecule has 4 nitrogen and oxygen atoms in total. The molecule has 0 bridgehead atoms. The summed E-state index contributed by atoms with van der Waals surface area (Å²) in [6.07, 6.45) is 3.77. The molecule has 0 radical (unpaired) electrons. The van der Waals surface area contributed by atoms with Crippen molar-refractivity contribution in [3.63, 3.8) is 0 Å². The van der Waals surface area contributed by atoms with E-state index in [9.17, 15) is 8.42 Å². The molecule has 0 fully saturated rings. The molecule has 0 aliphatic heterocycles. The van der Waals surface area contributed by atoms with Crippen LogP contribution in [0.2, 0.25) is 0 Å². The normalized spacial score (nSPS) is 11.8. The van der Waals surface area contributed by atoms with Gasteiger partial charge in [-0.05, 0) is 18.6 Å². The third-order valence-electron chi connectivity index (χ3n) is 1.77. The van der Waals surface area contributed by atoms with Crippen molar-refractivity contribution in [2.45, 2.75) is 13.5 Å². The molecule has 1 heterocycles. The predicted octanol–water partition coefficient (Wildman–Crippen LogP) is 0.464. The van der Waals surface area contributed by atoms with Crippen LogP contribution in [0, 0.1) is 0 Å². The summed E-state index contributed by atoms with van der Waals surface area (Å²) in [6, 6.07) is 1.89. The number of nitrogens with one attached hydrogen (secondary N) is 1. The second-order valence-electron chi connectivity index (χ2n) is 2.91. The zero-order valence-corrected chi connectivity index (χ0v) is 8.63. The fourth-order valence-electron chi connectivity index (χ4n) is 0.961. The summed E-state index contributed by atoms with van der Waals surface area (Å²) < 4.78 is 26.5. The van der Waals surface area contributed by atoms with Gasteiger partial charge in [0.05, 0.1) is 5.75 Å². The lowest BCUT2D eigenvalue weighted by Crippen LogP contribution is -2.24. The smallest absolute Gasteiger partial charge is 0.211 e. The Kier molecular flexibility index (Phi) is 3.11. The molecule has 0 amide bonds. The molecule has 13 heavy (non-hydrogen) atoms. The first-order valence-corrected chi connectivity index (χ1v) is 5.77. The highest BCUT2D eigenvalue weighted by molar-refractivity contribution is 7.89. The fourth-order valence-corrected chi connectivity index (χ4v) is 1.55. The number of aromatic nitrogens is 1. The van der Waals surface area contributed by atoms with Gasteiger partial charge in [-0.3, -0.25) is 0 Å². The fraction of sp³-hybridized carbons (Fsp3) is 0.500. The van der Waals surface area contributed by atoms with Crippen molar-refractivity contribution in [1.29, 1.82) is 0 Å². The number of aryl methyl sites for hydroxylation is 1. The quantitative estimate of drug-likeness (QED) is 0.771. The Morgan fingerprint density at radius 1 is 1.54 bits per heavy atom. The Morgan fingerprint density at radius 2 is 2.23 bits per heavy atom. The third-order valence-corrected chi connectivity index (χ3v) is 3.11. The molecule has 0 spiro atoms. The first-order valence-electron chi connectivity index (χ1n) is 4.11. The average Bonchev–Trinajstić information content (AvgIpc) is 2.48. The zero-order chi connectivity index (χ0) is 9.90. The number of hydrogen-bond donors (Lipinski definition) is 1. The van der Waals surface area contributed by atoms with Crippen molar-refractivity contribution in [3.8, 4) is 0 Å². The van der Waals surface area contributed by atoms with Crippen molar-refractivity contribution in [3.05, 3.63) is 24.0 Å². The van der Waals surface area contributed by atoms with Gasteiger partial charge in [0.1, 0.15) is 0 Å². The summed E-state index contributed by atoms with van der Waals surface area (Å²) in [7, 11) is -1.17. The topological polar surface area (TPSA) is 51.1 Å². The highest BCUT2D eigenvalue weighted by Crippen LogP contribution is 1.99. The second-order valence-corrected chi connectivity index (χ2v) is 5.01. The maximum atomic E-state index is 11.1. The highest BCUT2D eigenvalue weighted by Gasteiger charge is 2.05. The lowest BCUT2D eigenvalue weighted by atomic mass is 10.4. The molecule has 0 aliphatic carbocycles. The van der Waals surface area contributed by atoms with Gasteiger partial charge >= 0.3 is 0 Å². The summed E-state index contributed by atoms with van der Waals surface area (Å²) in [4.78, 5) is 0. The Bertz CT molecular complexity index is 367. The molecule has 1 N–H and O–H groups in total. The molecular formula is C8H14N2O2S. The van der Waals surface area contributed by atoms with Crippen molar-refractivity contribution < 1.29 is 8.42 Å². The molecule has 0 saturated heterocycles. The van der Waals surface area contributed by atoms with Gasteiger partial charge in [0.15, 0.2) is 0 Å². The number of sulfonamides is 1. The zero-order valence-electron chi connectivity index (χ0n) is 7.82. The lowest BCUT2D eigenvalue weighted by molar-refractivity contribution is 0.582. The Morgan fingerprint density at radius 3 is 2.69 bits per heavy atom. The van der Waals surface area contributed by atoms with Crippen LogP contribution >= 0.6 is 0 Å². The van der Waals surface area contributed by atoms with Crippen molar-refractivity contribution in [2.75, 3.05) is 5.75 Å². The van der Waals surface area contributed by atoms with Crippen LogP contribution in [0.4, 0.5) is 0 Å². The minimum absolute atomic E-state index is 0.125. The standard InChI is InChI=1S/C8H14N2O2S/c1-3-13(11,12)9-6-8-4-5-10(2)7-8/h4-5,7,9H,3,6H2,1-2H3. The van der Waals surface area contributed by atoms with Crippen LogP contribution in [-0.2, 0) is 23.6 Å². The SMILES string of the molecule is CCS(=O)(=O)NCc1ccn(C)c1. The van der Waals surface area contributed by atoms with E-state index in [0.717, 1.165) is 5.56 Å². The van der Waals surface area contributed by atoms with E-state index in [2.05, 4.69) is 4.72 Å². The molecule has 0 aromatic carbocycles. The lowest BCUT2D eigenvalue weighted by Gasteiger charge is -2.01. The summed E-state index contributed by atoms with van der Waals surface area (Å²) >= 11 is 0. The van der Waals surface area contributed by atoms with E-state index in [1.165, 1.54) is 0 Å². The third kappa shape index (κ3) is 3.20. The number of hydrogen-bond acceptors (Lipinski definition) is 2. The van der Waals surface area contributed by atoms with Gasteiger partial charge in [-0.1, -0.05) is 0 Å². The van der Waals surface area contributed by atoms with Gasteiger partial charge < -0.3 is 4.57 Å². The van der Waals surface area contributed by atoms with E-state index in [-0.39, 0.29) is 5.75 Å². The van der Waals surface area contributed by atoms with Crippen LogP contribution < -0.4 is 4.72 Å². The monoisotopic (exact) mass is 202 g/mol. The Hall–Kier alpha value is -0.810. The number of nitrogens with zero attached hydrogens (tertiary/aromatic N) is 1. The molecule has 0 saturated carbocycles. The average molecular weight is 202 g/mol. The number of rotatable bonds is 4. The van der Waals surface area contributed by atoms with Gasteiger partial charge in [0.25, 0.3) is 0 Å². The molecule has 1 aromatic heterocycles. The molecule has 1 rings (SSSR count). The van der Waals surface area contributed by atoms with Crippen molar-refractivity contribution >= 4 is 10.0 Å². The van der Waals surface area contributed by atoms with E-state index in [1.54, 1.807) is 6.92 Å². The predicted molar refractivity (Wildman–Crippen MR) is 51.7 cm³/mol. The Balaban J connectivity index is 2.53. The van der Waals surface area contributed by atoms with Gasteiger partial charge in [-0.25, -0.2) is 13.1 Å².